The first-order chi connectivity index (χ1) is 16.0. The van der Waals surface area contributed by atoms with E-state index in [9.17, 15) is 19.6 Å². The Kier molecular flexibility index (Phi) is 4.82. The van der Waals surface area contributed by atoms with Gasteiger partial charge < -0.3 is 9.80 Å². The molecule has 0 radical (unpaired) electrons. The summed E-state index contributed by atoms with van der Waals surface area (Å²) in [6.07, 6.45) is 0.568. The number of aromatic nitrogens is 2. The number of likely N-dealkylation sites (tertiary alicyclic amines) is 1. The van der Waals surface area contributed by atoms with E-state index in [4.69, 9.17) is 11.6 Å². The van der Waals surface area contributed by atoms with E-state index in [1.54, 1.807) is 34.5 Å². The minimum absolute atomic E-state index is 0.186. The number of halogens is 1. The minimum Gasteiger partial charge on any atom is -0.330 e. The van der Waals surface area contributed by atoms with Crippen molar-refractivity contribution in [3.05, 3.63) is 45.7 Å². The van der Waals surface area contributed by atoms with Crippen molar-refractivity contribution in [2.75, 3.05) is 11.4 Å². The van der Waals surface area contributed by atoms with E-state index in [-0.39, 0.29) is 33.9 Å². The summed E-state index contributed by atoms with van der Waals surface area (Å²) in [4.78, 5) is 44.8. The van der Waals surface area contributed by atoms with Crippen LogP contribution in [0.1, 0.15) is 54.5 Å². The van der Waals surface area contributed by atoms with Gasteiger partial charge in [-0.2, -0.15) is 10.4 Å². The third kappa shape index (κ3) is 2.98. The second kappa shape index (κ2) is 7.31. The van der Waals surface area contributed by atoms with Gasteiger partial charge in [0, 0.05) is 19.0 Å². The van der Waals surface area contributed by atoms with Gasteiger partial charge in [-0.25, -0.2) is 9.69 Å². The fourth-order valence-corrected chi connectivity index (χ4v) is 5.50. The number of nitriles is 1. The van der Waals surface area contributed by atoms with Crippen LogP contribution in [0.4, 0.5) is 10.5 Å². The van der Waals surface area contributed by atoms with Crippen LogP contribution < -0.4 is 4.90 Å². The summed E-state index contributed by atoms with van der Waals surface area (Å²) in [5.41, 5.74) is 2.22. The van der Waals surface area contributed by atoms with E-state index < -0.39 is 18.1 Å². The molecule has 2 aromatic rings. The number of anilines is 1. The standard InChI is InChI=1S/C24H25ClN6O3/c1-12-15(7-6-13(10-26)19(12)25)31-22(33)20-16-8-14(30(20)23(31)34)11-29(16)21(32)17-9-18(24(2,3)4)27-28(17)5/h6-7,9,14,16,20H,8,11H2,1-5H3/t14-,16-,20-/m0/s1. The lowest BCUT2D eigenvalue weighted by molar-refractivity contribution is -0.121. The average Bonchev–Trinajstić information content (AvgIpc) is 3.52. The van der Waals surface area contributed by atoms with Crippen LogP contribution in [0.15, 0.2) is 18.2 Å². The van der Waals surface area contributed by atoms with Crippen molar-refractivity contribution >= 4 is 35.1 Å². The third-order valence-corrected chi connectivity index (χ3v) is 7.60. The van der Waals surface area contributed by atoms with Gasteiger partial charge in [-0.3, -0.25) is 14.3 Å². The molecule has 2 bridgehead atoms. The van der Waals surface area contributed by atoms with E-state index >= 15 is 0 Å². The summed E-state index contributed by atoms with van der Waals surface area (Å²) in [7, 11) is 1.74. The number of nitrogens with zero attached hydrogens (tertiary/aromatic N) is 6. The zero-order valence-corrected chi connectivity index (χ0v) is 20.4. The first kappa shape index (κ1) is 22.4. The molecular weight excluding hydrogens is 456 g/mol. The number of hydrogen-bond donors (Lipinski definition) is 0. The van der Waals surface area contributed by atoms with E-state index in [0.717, 1.165) is 10.6 Å². The van der Waals surface area contributed by atoms with Crippen molar-refractivity contribution in [1.29, 1.82) is 5.26 Å². The Morgan fingerprint density at radius 2 is 1.97 bits per heavy atom. The number of benzene rings is 1. The molecule has 0 aliphatic carbocycles. The first-order valence-electron chi connectivity index (χ1n) is 11.2. The highest BCUT2D eigenvalue weighted by Crippen LogP contribution is 2.44. The van der Waals surface area contributed by atoms with Crippen molar-refractivity contribution in [2.45, 2.75) is 57.7 Å². The van der Waals surface area contributed by atoms with E-state index in [1.807, 2.05) is 32.9 Å². The number of fused-ring (bicyclic) bond motifs is 5. The van der Waals surface area contributed by atoms with Crippen molar-refractivity contribution < 1.29 is 14.4 Å². The van der Waals surface area contributed by atoms with Crippen molar-refractivity contribution in [2.24, 2.45) is 7.05 Å². The summed E-state index contributed by atoms with van der Waals surface area (Å²) >= 11 is 6.30. The van der Waals surface area contributed by atoms with Crippen LogP contribution in [0.5, 0.6) is 0 Å². The molecule has 5 rings (SSSR count). The largest absolute Gasteiger partial charge is 0.332 e. The SMILES string of the molecule is Cc1c(N2C(=O)[C@@H]3[C@@H]4C[C@@H](CN4C(=O)c4cc(C(C)(C)C)nn4C)N3C2=O)ccc(C#N)c1Cl. The Hall–Kier alpha value is -3.38. The summed E-state index contributed by atoms with van der Waals surface area (Å²) in [5, 5.41) is 13.9. The molecule has 3 fully saturated rings. The van der Waals surface area contributed by atoms with Crippen LogP contribution in [0.2, 0.25) is 5.02 Å². The number of carbonyl (C=O) groups excluding carboxylic acids is 3. The average molecular weight is 481 g/mol. The third-order valence-electron chi connectivity index (χ3n) is 7.11. The molecule has 176 valence electrons. The molecule has 9 nitrogen and oxygen atoms in total. The monoisotopic (exact) mass is 480 g/mol. The van der Waals surface area contributed by atoms with Gasteiger partial charge in [0.15, 0.2) is 0 Å². The Morgan fingerprint density at radius 3 is 2.59 bits per heavy atom. The molecule has 3 aliphatic rings. The lowest BCUT2D eigenvalue weighted by Gasteiger charge is -2.34. The maximum absolute atomic E-state index is 13.5. The zero-order valence-electron chi connectivity index (χ0n) is 19.7. The van der Waals surface area contributed by atoms with E-state index in [2.05, 4.69) is 5.10 Å². The molecule has 4 heterocycles. The highest BCUT2D eigenvalue weighted by molar-refractivity contribution is 6.33. The molecule has 0 unspecified atom stereocenters. The molecular formula is C24H25ClN6O3. The normalized spacial score (nSPS) is 23.7. The van der Waals surface area contributed by atoms with Crippen LogP contribution in [0.25, 0.3) is 0 Å². The van der Waals surface area contributed by atoms with E-state index in [1.165, 1.54) is 6.07 Å². The topological polar surface area (TPSA) is 103 Å². The van der Waals surface area contributed by atoms with Gasteiger partial charge in [-0.1, -0.05) is 32.4 Å². The van der Waals surface area contributed by atoms with Crippen LogP contribution in [0, 0.1) is 18.3 Å². The maximum atomic E-state index is 13.5. The van der Waals surface area contributed by atoms with Crippen LogP contribution in [-0.2, 0) is 17.3 Å². The molecule has 1 aromatic heterocycles. The molecule has 4 amide bonds. The van der Waals surface area contributed by atoms with Crippen molar-refractivity contribution in [1.82, 2.24) is 19.6 Å². The van der Waals surface area contributed by atoms with Gasteiger partial charge >= 0.3 is 6.03 Å². The number of piperazine rings is 1. The molecule has 0 spiro atoms. The van der Waals surface area contributed by atoms with Crippen molar-refractivity contribution in [3.63, 3.8) is 0 Å². The lowest BCUT2D eigenvalue weighted by atomic mass is 9.92. The number of imide groups is 1. The van der Waals surface area contributed by atoms with Crippen molar-refractivity contribution in [3.8, 4) is 6.07 Å². The number of aryl methyl sites for hydroxylation is 1. The van der Waals surface area contributed by atoms with Gasteiger partial charge in [-0.05, 0) is 37.1 Å². The minimum atomic E-state index is -0.737. The molecule has 10 heteroatoms. The van der Waals surface area contributed by atoms with Crippen LogP contribution in [-0.4, -0.2) is 62.1 Å². The fourth-order valence-electron chi connectivity index (χ4n) is 5.30. The molecule has 3 atom stereocenters. The Morgan fingerprint density at radius 1 is 1.26 bits per heavy atom. The van der Waals surface area contributed by atoms with Gasteiger partial charge in [0.25, 0.3) is 11.8 Å². The second-order valence-corrected chi connectivity index (χ2v) is 10.6. The smallest absolute Gasteiger partial charge is 0.330 e. The Labute approximate surface area is 202 Å². The number of carbonyl (C=O) groups is 3. The summed E-state index contributed by atoms with van der Waals surface area (Å²) < 4.78 is 1.59. The first-order valence-corrected chi connectivity index (χ1v) is 11.5. The molecule has 3 aliphatic heterocycles. The highest BCUT2D eigenvalue weighted by atomic mass is 35.5. The van der Waals surface area contributed by atoms with Gasteiger partial charge in [0.05, 0.1) is 34.1 Å². The number of urea groups is 1. The molecule has 1 aromatic carbocycles. The van der Waals surface area contributed by atoms with Gasteiger partial charge in [-0.15, -0.1) is 0 Å². The van der Waals surface area contributed by atoms with Gasteiger partial charge in [0.2, 0.25) is 0 Å². The highest BCUT2D eigenvalue weighted by Gasteiger charge is 2.63. The summed E-state index contributed by atoms with van der Waals surface area (Å²) in [6, 6.07) is 5.12. The summed E-state index contributed by atoms with van der Waals surface area (Å²) in [5.74, 6) is -0.562. The Bertz CT molecular complexity index is 1300. The second-order valence-electron chi connectivity index (χ2n) is 10.2. The summed E-state index contributed by atoms with van der Waals surface area (Å²) in [6.45, 7) is 8.16. The quantitative estimate of drug-likeness (QED) is 0.615. The molecule has 34 heavy (non-hydrogen) atoms. The van der Waals surface area contributed by atoms with E-state index in [0.29, 0.717) is 29.9 Å². The molecule has 0 saturated carbocycles. The number of hydrogen-bond acceptors (Lipinski definition) is 5. The van der Waals surface area contributed by atoms with Crippen LogP contribution >= 0.6 is 11.6 Å². The zero-order chi connectivity index (χ0) is 24.7. The fraction of sp³-hybridized carbons (Fsp3) is 0.458. The Balaban J connectivity index is 1.46. The predicted octanol–water partition coefficient (Wildman–Crippen LogP) is 2.99. The number of amides is 4. The molecule has 0 N–H and O–H groups in total. The van der Waals surface area contributed by atoms with Gasteiger partial charge in [0.1, 0.15) is 17.8 Å². The maximum Gasteiger partial charge on any atom is 0.332 e. The predicted molar refractivity (Wildman–Crippen MR) is 125 cm³/mol. The van der Waals surface area contributed by atoms with Crippen LogP contribution in [0.3, 0.4) is 0 Å². The lowest BCUT2D eigenvalue weighted by Crippen LogP contribution is -2.55. The number of rotatable bonds is 2. The molecule has 3 saturated heterocycles.